The lowest BCUT2D eigenvalue weighted by Crippen LogP contribution is -2.60. The summed E-state index contributed by atoms with van der Waals surface area (Å²) in [6.07, 6.45) is 5.72. The number of nitrogens with two attached hydrogens (primary N) is 1. The SMILES string of the molecule is COc1cc(C)cc(C(=O)C2C(C)C(NCCCN)CC3C(C)(C)CCCC23C)c1. The summed E-state index contributed by atoms with van der Waals surface area (Å²) in [5.74, 6) is 1.89. The van der Waals surface area contributed by atoms with Gasteiger partial charge in [0.1, 0.15) is 5.75 Å². The Morgan fingerprint density at radius 3 is 2.63 bits per heavy atom. The maximum Gasteiger partial charge on any atom is 0.166 e. The Balaban J connectivity index is 2.01. The van der Waals surface area contributed by atoms with Crippen LogP contribution in [0.15, 0.2) is 18.2 Å². The van der Waals surface area contributed by atoms with Gasteiger partial charge in [-0.25, -0.2) is 0 Å². The van der Waals surface area contributed by atoms with Crippen LogP contribution in [0.5, 0.6) is 5.75 Å². The van der Waals surface area contributed by atoms with E-state index in [0.717, 1.165) is 42.7 Å². The summed E-state index contributed by atoms with van der Waals surface area (Å²) in [4.78, 5) is 14.1. The van der Waals surface area contributed by atoms with Gasteiger partial charge in [0.2, 0.25) is 0 Å². The predicted molar refractivity (Wildman–Crippen MR) is 124 cm³/mol. The molecule has 0 amide bonds. The normalized spacial score (nSPS) is 33.0. The number of hydrogen-bond acceptors (Lipinski definition) is 4. The van der Waals surface area contributed by atoms with Gasteiger partial charge < -0.3 is 15.8 Å². The molecule has 0 saturated heterocycles. The van der Waals surface area contributed by atoms with Gasteiger partial charge in [-0.1, -0.05) is 34.1 Å². The van der Waals surface area contributed by atoms with Crippen LogP contribution in [0, 0.1) is 35.5 Å². The maximum atomic E-state index is 14.1. The quantitative estimate of drug-likeness (QED) is 0.488. The Morgan fingerprint density at radius 1 is 1.23 bits per heavy atom. The van der Waals surface area contributed by atoms with Crippen LogP contribution in [0.4, 0.5) is 0 Å². The summed E-state index contributed by atoms with van der Waals surface area (Å²) in [6.45, 7) is 13.2. The van der Waals surface area contributed by atoms with E-state index in [4.69, 9.17) is 10.5 Å². The molecule has 2 aliphatic rings. The number of fused-ring (bicyclic) bond motifs is 1. The first-order valence-electron chi connectivity index (χ1n) is 11.8. The van der Waals surface area contributed by atoms with Crippen LogP contribution in [-0.2, 0) is 0 Å². The molecule has 2 saturated carbocycles. The molecule has 0 aliphatic heterocycles. The van der Waals surface area contributed by atoms with Crippen molar-refractivity contribution in [2.45, 2.75) is 72.8 Å². The molecule has 1 aromatic carbocycles. The van der Waals surface area contributed by atoms with Gasteiger partial charge in [-0.3, -0.25) is 4.79 Å². The van der Waals surface area contributed by atoms with E-state index in [1.165, 1.54) is 12.8 Å². The summed E-state index contributed by atoms with van der Waals surface area (Å²) >= 11 is 0. The number of hydrogen-bond donors (Lipinski definition) is 2. The molecule has 0 bridgehead atoms. The van der Waals surface area contributed by atoms with Crippen molar-refractivity contribution in [1.29, 1.82) is 0 Å². The third-order valence-electron chi connectivity index (χ3n) is 8.28. The average molecular weight is 415 g/mol. The van der Waals surface area contributed by atoms with Crippen LogP contribution in [0.25, 0.3) is 0 Å². The fourth-order valence-electron chi connectivity index (χ4n) is 6.81. The minimum absolute atomic E-state index is 0.0118. The molecule has 0 radical (unpaired) electrons. The number of carbonyl (C=O) groups excluding carboxylic acids is 1. The Kier molecular flexibility index (Phi) is 6.98. The second-order valence-corrected chi connectivity index (χ2v) is 10.8. The predicted octanol–water partition coefficient (Wildman–Crippen LogP) is 4.98. The van der Waals surface area contributed by atoms with E-state index < -0.39 is 0 Å². The highest BCUT2D eigenvalue weighted by atomic mass is 16.5. The van der Waals surface area contributed by atoms with Crippen molar-refractivity contribution in [3.05, 3.63) is 29.3 Å². The second-order valence-electron chi connectivity index (χ2n) is 10.8. The smallest absolute Gasteiger partial charge is 0.166 e. The van der Waals surface area contributed by atoms with Gasteiger partial charge >= 0.3 is 0 Å². The highest BCUT2D eigenvalue weighted by Crippen LogP contribution is 2.61. The molecule has 4 heteroatoms. The van der Waals surface area contributed by atoms with E-state index in [2.05, 4.69) is 33.0 Å². The lowest BCUT2D eigenvalue weighted by molar-refractivity contribution is -0.0914. The molecule has 5 unspecified atom stereocenters. The third-order valence-corrected chi connectivity index (χ3v) is 8.28. The molecule has 168 valence electrons. The number of ketones is 1. The van der Waals surface area contributed by atoms with E-state index in [-0.39, 0.29) is 22.7 Å². The van der Waals surface area contributed by atoms with Crippen molar-refractivity contribution >= 4 is 5.78 Å². The Bertz CT molecular complexity index is 759. The Hall–Kier alpha value is -1.39. The fraction of sp³-hybridized carbons (Fsp3) is 0.731. The molecule has 3 N–H and O–H groups in total. The number of Topliss-reactive ketones (excluding diaryl/α,β-unsaturated/α-hetero) is 1. The molecule has 0 heterocycles. The summed E-state index contributed by atoms with van der Waals surface area (Å²) in [5, 5.41) is 3.77. The van der Waals surface area contributed by atoms with E-state index in [0.29, 0.717) is 24.3 Å². The first kappa shape index (κ1) is 23.3. The lowest BCUT2D eigenvalue weighted by Gasteiger charge is -2.60. The van der Waals surface area contributed by atoms with Gasteiger partial charge in [-0.15, -0.1) is 0 Å². The third kappa shape index (κ3) is 4.31. The largest absolute Gasteiger partial charge is 0.497 e. The number of ether oxygens (including phenoxy) is 1. The molecule has 0 aromatic heterocycles. The zero-order chi connectivity index (χ0) is 22.1. The highest BCUT2D eigenvalue weighted by molar-refractivity contribution is 5.99. The van der Waals surface area contributed by atoms with Crippen LogP contribution in [0.2, 0.25) is 0 Å². The van der Waals surface area contributed by atoms with Crippen LogP contribution in [0.1, 0.15) is 75.7 Å². The number of carbonyl (C=O) groups is 1. The van der Waals surface area contributed by atoms with Crippen molar-refractivity contribution in [3.8, 4) is 5.75 Å². The monoisotopic (exact) mass is 414 g/mol. The molecular weight excluding hydrogens is 372 g/mol. The zero-order valence-corrected chi connectivity index (χ0v) is 19.9. The van der Waals surface area contributed by atoms with E-state index >= 15 is 0 Å². The van der Waals surface area contributed by atoms with Gasteiger partial charge in [0.15, 0.2) is 5.78 Å². The number of aryl methyl sites for hydroxylation is 1. The molecular formula is C26H42N2O2. The summed E-state index contributed by atoms with van der Waals surface area (Å²) < 4.78 is 5.48. The number of benzene rings is 1. The topological polar surface area (TPSA) is 64.3 Å². The second kappa shape index (κ2) is 9.00. The summed E-state index contributed by atoms with van der Waals surface area (Å²) in [5.41, 5.74) is 7.89. The summed E-state index contributed by atoms with van der Waals surface area (Å²) in [7, 11) is 1.67. The van der Waals surface area contributed by atoms with Gasteiger partial charge in [-0.2, -0.15) is 0 Å². The lowest BCUT2D eigenvalue weighted by atomic mass is 9.45. The molecule has 1 aromatic rings. The van der Waals surface area contributed by atoms with Gasteiger partial charge in [-0.05, 0) is 92.1 Å². The van der Waals surface area contributed by atoms with E-state index in [1.54, 1.807) is 7.11 Å². The Labute approximate surface area is 183 Å². The minimum atomic E-state index is 0.0118. The standard InChI is InChI=1S/C26H42N2O2/c1-17-13-19(15-20(14-17)30-6)24(29)23-18(2)21(28-12-8-11-27)16-22-25(3,4)9-7-10-26(22,23)5/h13-15,18,21-23,28H,7-12,16,27H2,1-6H3. The first-order chi connectivity index (χ1) is 14.1. The Morgan fingerprint density at radius 2 is 1.97 bits per heavy atom. The zero-order valence-electron chi connectivity index (χ0n) is 19.9. The van der Waals surface area contributed by atoms with Gasteiger partial charge in [0, 0.05) is 17.5 Å². The average Bonchev–Trinajstić information content (AvgIpc) is 2.68. The van der Waals surface area contributed by atoms with Gasteiger partial charge in [0.25, 0.3) is 0 Å². The molecule has 4 nitrogen and oxygen atoms in total. The molecule has 2 aliphatic carbocycles. The van der Waals surface area contributed by atoms with E-state index in [1.807, 2.05) is 25.1 Å². The van der Waals surface area contributed by atoms with Crippen molar-refractivity contribution in [1.82, 2.24) is 5.32 Å². The molecule has 5 atom stereocenters. The van der Waals surface area contributed by atoms with Crippen molar-refractivity contribution in [2.24, 2.45) is 34.3 Å². The number of methoxy groups -OCH3 is 1. The van der Waals surface area contributed by atoms with Crippen molar-refractivity contribution in [2.75, 3.05) is 20.2 Å². The van der Waals surface area contributed by atoms with Crippen molar-refractivity contribution < 1.29 is 9.53 Å². The number of rotatable bonds is 7. The fourth-order valence-corrected chi connectivity index (χ4v) is 6.81. The van der Waals surface area contributed by atoms with Crippen LogP contribution in [-0.4, -0.2) is 32.0 Å². The van der Waals surface area contributed by atoms with Crippen LogP contribution >= 0.6 is 0 Å². The summed E-state index contributed by atoms with van der Waals surface area (Å²) in [6, 6.07) is 6.31. The van der Waals surface area contributed by atoms with E-state index in [9.17, 15) is 4.79 Å². The molecule has 3 rings (SSSR count). The molecule has 2 fully saturated rings. The molecule has 30 heavy (non-hydrogen) atoms. The van der Waals surface area contributed by atoms with Gasteiger partial charge in [0.05, 0.1) is 7.11 Å². The number of nitrogens with one attached hydrogen (secondary N) is 1. The highest BCUT2D eigenvalue weighted by Gasteiger charge is 2.58. The minimum Gasteiger partial charge on any atom is -0.497 e. The molecule has 0 spiro atoms. The van der Waals surface area contributed by atoms with Crippen LogP contribution in [0.3, 0.4) is 0 Å². The van der Waals surface area contributed by atoms with Crippen molar-refractivity contribution in [3.63, 3.8) is 0 Å². The van der Waals surface area contributed by atoms with Crippen LogP contribution < -0.4 is 15.8 Å². The first-order valence-corrected chi connectivity index (χ1v) is 11.8. The maximum absolute atomic E-state index is 14.1.